The molecule has 20 heavy (non-hydrogen) atoms. The fraction of sp³-hybridized carbons (Fsp3) is 0.0769. The van der Waals surface area contributed by atoms with Gasteiger partial charge >= 0.3 is 0 Å². The largest absolute Gasteiger partial charge is 0.467 e. The first kappa shape index (κ1) is 13.5. The fourth-order valence-electron chi connectivity index (χ4n) is 1.82. The van der Waals surface area contributed by atoms with Crippen LogP contribution in [0.15, 0.2) is 44.4 Å². The molecule has 1 fully saturated rings. The lowest BCUT2D eigenvalue weighted by molar-refractivity contribution is -0.122. The van der Waals surface area contributed by atoms with Crippen molar-refractivity contribution in [3.8, 4) is 0 Å². The second-order valence-electron chi connectivity index (χ2n) is 4.10. The van der Waals surface area contributed by atoms with Crippen LogP contribution >= 0.6 is 39.5 Å². The monoisotopic (exact) mass is 368 g/mol. The molecule has 0 unspecified atom stereocenters. The summed E-state index contributed by atoms with van der Waals surface area (Å²) < 4.78 is 6.26. The molecular weight excluding hydrogens is 360 g/mol. The average Bonchev–Trinajstić information content (AvgIpc) is 3.10. The maximum Gasteiger partial charge on any atom is 0.276 e. The highest BCUT2D eigenvalue weighted by Gasteiger charge is 2.31. The molecule has 0 atom stereocenters. The summed E-state index contributed by atoms with van der Waals surface area (Å²) in [4.78, 5) is 14.8. The SMILES string of the molecule is O=C1C(=Cc2ccc(Br)s2)NC(=S)N1Cc1ccco1. The first-order valence-corrected chi connectivity index (χ1v) is 7.77. The number of halogens is 1. The Morgan fingerprint density at radius 3 is 2.95 bits per heavy atom. The van der Waals surface area contributed by atoms with Crippen molar-refractivity contribution in [2.75, 3.05) is 0 Å². The van der Waals surface area contributed by atoms with Crippen LogP contribution in [0.25, 0.3) is 6.08 Å². The van der Waals surface area contributed by atoms with Crippen LogP contribution in [-0.2, 0) is 11.3 Å². The number of rotatable bonds is 3. The summed E-state index contributed by atoms with van der Waals surface area (Å²) in [5.74, 6) is 0.554. The third-order valence-corrected chi connectivity index (χ3v) is 4.63. The van der Waals surface area contributed by atoms with E-state index in [0.717, 1.165) is 8.66 Å². The Balaban J connectivity index is 1.81. The number of furan rings is 1. The molecule has 1 N–H and O–H groups in total. The van der Waals surface area contributed by atoms with Gasteiger partial charge in [0.1, 0.15) is 11.5 Å². The molecular formula is C13H9BrN2O2S2. The van der Waals surface area contributed by atoms with Crippen molar-refractivity contribution in [2.24, 2.45) is 0 Å². The van der Waals surface area contributed by atoms with E-state index in [0.29, 0.717) is 23.1 Å². The number of carbonyl (C=O) groups is 1. The van der Waals surface area contributed by atoms with Crippen LogP contribution in [-0.4, -0.2) is 15.9 Å². The van der Waals surface area contributed by atoms with Gasteiger partial charge in [-0.25, -0.2) is 0 Å². The number of hydrogen-bond acceptors (Lipinski definition) is 4. The first-order chi connectivity index (χ1) is 9.63. The van der Waals surface area contributed by atoms with Crippen molar-refractivity contribution >= 4 is 56.6 Å². The van der Waals surface area contributed by atoms with Crippen LogP contribution < -0.4 is 5.32 Å². The predicted molar refractivity (Wildman–Crippen MR) is 85.0 cm³/mol. The Labute approximate surface area is 133 Å². The maximum absolute atomic E-state index is 12.3. The summed E-state index contributed by atoms with van der Waals surface area (Å²) in [6.45, 7) is 0.336. The molecule has 2 aromatic rings. The summed E-state index contributed by atoms with van der Waals surface area (Å²) >= 11 is 10.1. The van der Waals surface area contributed by atoms with Crippen LogP contribution in [0.2, 0.25) is 0 Å². The minimum Gasteiger partial charge on any atom is -0.467 e. The van der Waals surface area contributed by atoms with Gasteiger partial charge in [-0.05, 0) is 58.5 Å². The van der Waals surface area contributed by atoms with Crippen LogP contribution in [0, 0.1) is 0 Å². The molecule has 0 radical (unpaired) electrons. The number of nitrogens with zero attached hydrogens (tertiary/aromatic N) is 1. The van der Waals surface area contributed by atoms with E-state index in [9.17, 15) is 4.79 Å². The Morgan fingerprint density at radius 2 is 2.30 bits per heavy atom. The molecule has 0 spiro atoms. The average molecular weight is 369 g/mol. The molecule has 1 saturated heterocycles. The Bertz CT molecular complexity index is 691. The van der Waals surface area contributed by atoms with E-state index in [1.54, 1.807) is 29.7 Å². The molecule has 7 heteroatoms. The van der Waals surface area contributed by atoms with Gasteiger partial charge in [-0.1, -0.05) is 0 Å². The quantitative estimate of drug-likeness (QED) is 0.666. The molecule has 0 aliphatic carbocycles. The zero-order valence-electron chi connectivity index (χ0n) is 10.1. The van der Waals surface area contributed by atoms with Crippen molar-refractivity contribution in [3.05, 3.63) is 50.6 Å². The lowest BCUT2D eigenvalue weighted by Gasteiger charge is -2.11. The van der Waals surface area contributed by atoms with Crippen LogP contribution in [0.3, 0.4) is 0 Å². The number of carbonyl (C=O) groups excluding carboxylic acids is 1. The summed E-state index contributed by atoms with van der Waals surface area (Å²) in [7, 11) is 0. The third-order valence-electron chi connectivity index (χ3n) is 2.74. The summed E-state index contributed by atoms with van der Waals surface area (Å²) in [5.41, 5.74) is 0.482. The van der Waals surface area contributed by atoms with Crippen molar-refractivity contribution < 1.29 is 9.21 Å². The highest BCUT2D eigenvalue weighted by atomic mass is 79.9. The topological polar surface area (TPSA) is 45.5 Å². The van der Waals surface area contributed by atoms with Gasteiger partial charge in [-0.3, -0.25) is 9.69 Å². The Morgan fingerprint density at radius 1 is 1.45 bits per heavy atom. The predicted octanol–water partition coefficient (Wildman–Crippen LogP) is 3.36. The number of hydrogen-bond donors (Lipinski definition) is 1. The molecule has 0 bridgehead atoms. The highest BCUT2D eigenvalue weighted by molar-refractivity contribution is 9.11. The second kappa shape index (κ2) is 5.51. The van der Waals surface area contributed by atoms with E-state index in [4.69, 9.17) is 16.6 Å². The molecule has 1 aliphatic heterocycles. The molecule has 0 aromatic carbocycles. The van der Waals surface area contributed by atoms with Crippen LogP contribution in [0.5, 0.6) is 0 Å². The van der Waals surface area contributed by atoms with Gasteiger partial charge in [0.05, 0.1) is 16.6 Å². The van der Waals surface area contributed by atoms with Crippen LogP contribution in [0.4, 0.5) is 0 Å². The van der Waals surface area contributed by atoms with E-state index < -0.39 is 0 Å². The lowest BCUT2D eigenvalue weighted by atomic mass is 10.3. The molecule has 1 amide bonds. The number of amides is 1. The molecule has 102 valence electrons. The summed E-state index contributed by atoms with van der Waals surface area (Å²) in [6, 6.07) is 7.48. The maximum atomic E-state index is 12.3. The molecule has 3 rings (SSSR count). The Hall–Kier alpha value is -1.44. The van der Waals surface area contributed by atoms with Crippen molar-refractivity contribution in [2.45, 2.75) is 6.54 Å². The van der Waals surface area contributed by atoms with E-state index >= 15 is 0 Å². The van der Waals surface area contributed by atoms with Crippen LogP contribution in [0.1, 0.15) is 10.6 Å². The van der Waals surface area contributed by atoms with Gasteiger partial charge in [0, 0.05) is 4.88 Å². The smallest absolute Gasteiger partial charge is 0.276 e. The van der Waals surface area contributed by atoms with Gasteiger partial charge in [-0.2, -0.15) is 0 Å². The second-order valence-corrected chi connectivity index (χ2v) is 6.98. The van der Waals surface area contributed by atoms with Gasteiger partial charge in [0.2, 0.25) is 0 Å². The number of thiophene rings is 1. The zero-order valence-corrected chi connectivity index (χ0v) is 13.3. The standard InChI is InChI=1S/C13H9BrN2O2S2/c14-11-4-3-9(20-11)6-10-12(17)16(13(19)15-10)7-8-2-1-5-18-8/h1-6H,7H2,(H,15,19). The van der Waals surface area contributed by atoms with E-state index in [2.05, 4.69) is 21.2 Å². The molecule has 4 nitrogen and oxygen atoms in total. The lowest BCUT2D eigenvalue weighted by Crippen LogP contribution is -2.29. The summed E-state index contributed by atoms with van der Waals surface area (Å²) in [6.07, 6.45) is 3.37. The highest BCUT2D eigenvalue weighted by Crippen LogP contribution is 2.25. The first-order valence-electron chi connectivity index (χ1n) is 5.76. The molecule has 1 aliphatic rings. The van der Waals surface area contributed by atoms with E-state index in [1.807, 2.05) is 18.2 Å². The van der Waals surface area contributed by atoms with Gasteiger partial charge in [0.15, 0.2) is 5.11 Å². The normalized spacial score (nSPS) is 17.1. The van der Waals surface area contributed by atoms with Crippen molar-refractivity contribution in [1.29, 1.82) is 0 Å². The molecule has 2 aromatic heterocycles. The van der Waals surface area contributed by atoms with Crippen molar-refractivity contribution in [1.82, 2.24) is 10.2 Å². The van der Waals surface area contributed by atoms with Gasteiger partial charge in [-0.15, -0.1) is 11.3 Å². The van der Waals surface area contributed by atoms with Gasteiger partial charge < -0.3 is 9.73 Å². The number of thiocarbonyl (C=S) groups is 1. The van der Waals surface area contributed by atoms with Crippen molar-refractivity contribution in [3.63, 3.8) is 0 Å². The minimum atomic E-state index is -0.143. The zero-order chi connectivity index (χ0) is 14.1. The molecule has 0 saturated carbocycles. The molecule has 3 heterocycles. The van der Waals surface area contributed by atoms with E-state index in [1.165, 1.54) is 4.90 Å². The van der Waals surface area contributed by atoms with E-state index in [-0.39, 0.29) is 5.91 Å². The third kappa shape index (κ3) is 2.70. The fourth-order valence-corrected chi connectivity index (χ4v) is 3.45. The minimum absolute atomic E-state index is 0.143. The number of nitrogens with one attached hydrogen (secondary N) is 1. The summed E-state index contributed by atoms with van der Waals surface area (Å²) in [5, 5.41) is 3.34. The van der Waals surface area contributed by atoms with Gasteiger partial charge in [0.25, 0.3) is 5.91 Å². The Kier molecular flexibility index (Phi) is 3.73.